The van der Waals surface area contributed by atoms with Gasteiger partial charge in [0.2, 0.25) is 5.91 Å². The summed E-state index contributed by atoms with van der Waals surface area (Å²) in [5, 5.41) is 14.4. The SMILES string of the molecule is CC(=O)NN1C(=O)c2ccccc2N[C@H]1c1ccccc1O. The van der Waals surface area contributed by atoms with Gasteiger partial charge in [0.1, 0.15) is 5.75 Å². The molecule has 22 heavy (non-hydrogen) atoms. The van der Waals surface area contributed by atoms with Crippen LogP contribution < -0.4 is 10.7 Å². The number of hydrogen-bond acceptors (Lipinski definition) is 4. The van der Waals surface area contributed by atoms with Gasteiger partial charge in [-0.15, -0.1) is 0 Å². The molecule has 6 nitrogen and oxygen atoms in total. The zero-order chi connectivity index (χ0) is 15.7. The van der Waals surface area contributed by atoms with Crippen molar-refractivity contribution in [2.75, 3.05) is 5.32 Å². The molecule has 0 fully saturated rings. The number of rotatable bonds is 2. The van der Waals surface area contributed by atoms with Crippen LogP contribution in [0.15, 0.2) is 48.5 Å². The first kappa shape index (κ1) is 13.9. The van der Waals surface area contributed by atoms with Gasteiger partial charge in [-0.1, -0.05) is 30.3 Å². The number of para-hydroxylation sites is 2. The summed E-state index contributed by atoms with van der Waals surface area (Å²) < 4.78 is 0. The average molecular weight is 297 g/mol. The minimum atomic E-state index is -0.688. The van der Waals surface area contributed by atoms with Crippen molar-refractivity contribution in [3.05, 3.63) is 59.7 Å². The van der Waals surface area contributed by atoms with Gasteiger partial charge in [-0.05, 0) is 18.2 Å². The van der Waals surface area contributed by atoms with Crippen LogP contribution in [0.1, 0.15) is 29.0 Å². The third-order valence-electron chi connectivity index (χ3n) is 3.44. The topological polar surface area (TPSA) is 81.7 Å². The van der Waals surface area contributed by atoms with Crippen molar-refractivity contribution in [3.63, 3.8) is 0 Å². The zero-order valence-electron chi connectivity index (χ0n) is 11.9. The molecule has 2 amide bonds. The van der Waals surface area contributed by atoms with E-state index in [0.29, 0.717) is 16.8 Å². The lowest BCUT2D eigenvalue weighted by molar-refractivity contribution is -0.123. The second kappa shape index (κ2) is 5.40. The molecule has 3 N–H and O–H groups in total. The van der Waals surface area contributed by atoms with E-state index in [1.807, 2.05) is 6.07 Å². The Morgan fingerprint density at radius 3 is 2.59 bits per heavy atom. The molecule has 3 rings (SSSR count). The Kier molecular flexibility index (Phi) is 3.42. The number of carbonyl (C=O) groups excluding carboxylic acids is 2. The van der Waals surface area contributed by atoms with E-state index in [4.69, 9.17) is 0 Å². The van der Waals surface area contributed by atoms with E-state index in [1.54, 1.807) is 36.4 Å². The van der Waals surface area contributed by atoms with Crippen molar-refractivity contribution in [2.45, 2.75) is 13.1 Å². The van der Waals surface area contributed by atoms with E-state index in [0.717, 1.165) is 0 Å². The van der Waals surface area contributed by atoms with Crippen LogP contribution in [0.25, 0.3) is 0 Å². The van der Waals surface area contributed by atoms with Gasteiger partial charge in [0, 0.05) is 18.2 Å². The lowest BCUT2D eigenvalue weighted by atomic mass is 10.0. The Hall–Kier alpha value is -3.02. The zero-order valence-corrected chi connectivity index (χ0v) is 11.9. The minimum Gasteiger partial charge on any atom is -0.508 e. The number of carbonyl (C=O) groups is 2. The fourth-order valence-corrected chi connectivity index (χ4v) is 2.47. The molecule has 112 valence electrons. The molecule has 0 spiro atoms. The van der Waals surface area contributed by atoms with Gasteiger partial charge in [0.15, 0.2) is 6.17 Å². The van der Waals surface area contributed by atoms with Gasteiger partial charge < -0.3 is 10.4 Å². The first-order valence-corrected chi connectivity index (χ1v) is 6.82. The van der Waals surface area contributed by atoms with Gasteiger partial charge >= 0.3 is 0 Å². The van der Waals surface area contributed by atoms with E-state index in [1.165, 1.54) is 18.0 Å². The van der Waals surface area contributed by atoms with Crippen LogP contribution in [0.3, 0.4) is 0 Å². The van der Waals surface area contributed by atoms with Crippen LogP contribution in [-0.2, 0) is 4.79 Å². The highest BCUT2D eigenvalue weighted by Crippen LogP contribution is 2.35. The second-order valence-electron chi connectivity index (χ2n) is 4.99. The molecular formula is C16H15N3O3. The van der Waals surface area contributed by atoms with Crippen LogP contribution in [0.2, 0.25) is 0 Å². The first-order valence-electron chi connectivity index (χ1n) is 6.82. The van der Waals surface area contributed by atoms with E-state index >= 15 is 0 Å². The van der Waals surface area contributed by atoms with Crippen LogP contribution in [0, 0.1) is 0 Å². The Balaban J connectivity index is 2.09. The first-order chi connectivity index (χ1) is 10.6. The molecule has 0 unspecified atom stereocenters. The molecule has 2 aromatic rings. The summed E-state index contributed by atoms with van der Waals surface area (Å²) in [5.74, 6) is -0.657. The highest BCUT2D eigenvalue weighted by molar-refractivity contribution is 6.02. The lowest BCUT2D eigenvalue weighted by Gasteiger charge is -2.37. The number of phenolic OH excluding ortho intramolecular Hbond substituents is 1. The molecule has 6 heteroatoms. The molecular weight excluding hydrogens is 282 g/mol. The molecule has 1 heterocycles. The van der Waals surface area contributed by atoms with Crippen molar-refractivity contribution < 1.29 is 14.7 Å². The summed E-state index contributed by atoms with van der Waals surface area (Å²) in [7, 11) is 0. The molecule has 0 aromatic heterocycles. The number of hydrazine groups is 1. The summed E-state index contributed by atoms with van der Waals surface area (Å²) in [6, 6.07) is 13.7. The maximum atomic E-state index is 12.6. The summed E-state index contributed by atoms with van der Waals surface area (Å²) in [4.78, 5) is 24.1. The third-order valence-corrected chi connectivity index (χ3v) is 3.44. The number of hydrogen-bond donors (Lipinski definition) is 3. The number of amides is 2. The molecule has 0 radical (unpaired) electrons. The Labute approximate surface area is 127 Å². The Morgan fingerprint density at radius 2 is 1.86 bits per heavy atom. The van der Waals surface area contributed by atoms with Crippen molar-refractivity contribution in [3.8, 4) is 5.75 Å². The molecule has 2 aromatic carbocycles. The molecule has 1 aliphatic rings. The minimum absolute atomic E-state index is 0.0440. The van der Waals surface area contributed by atoms with E-state index < -0.39 is 6.17 Å². The fraction of sp³-hybridized carbons (Fsp3) is 0.125. The average Bonchev–Trinajstić information content (AvgIpc) is 2.50. The quantitative estimate of drug-likeness (QED) is 0.792. The van der Waals surface area contributed by atoms with E-state index in [-0.39, 0.29) is 17.6 Å². The summed E-state index contributed by atoms with van der Waals surface area (Å²) in [6.45, 7) is 1.33. The highest BCUT2D eigenvalue weighted by atomic mass is 16.3. The predicted octanol–water partition coefficient (Wildman–Crippen LogP) is 2.01. The maximum absolute atomic E-state index is 12.6. The monoisotopic (exact) mass is 297 g/mol. The second-order valence-corrected chi connectivity index (χ2v) is 4.99. The number of nitrogens with zero attached hydrogens (tertiary/aromatic N) is 1. The number of anilines is 1. The molecule has 0 saturated carbocycles. The summed E-state index contributed by atoms with van der Waals surface area (Å²) >= 11 is 0. The van der Waals surface area contributed by atoms with Crippen molar-refractivity contribution in [1.29, 1.82) is 0 Å². The van der Waals surface area contributed by atoms with E-state index in [9.17, 15) is 14.7 Å². The molecule has 1 aliphatic heterocycles. The Morgan fingerprint density at radius 1 is 1.18 bits per heavy atom. The largest absolute Gasteiger partial charge is 0.508 e. The van der Waals surface area contributed by atoms with Gasteiger partial charge in [-0.2, -0.15) is 0 Å². The van der Waals surface area contributed by atoms with E-state index in [2.05, 4.69) is 10.7 Å². The third kappa shape index (κ3) is 2.35. The standard InChI is InChI=1S/C16H15N3O3/c1-10(20)18-19-15(12-7-3-5-9-14(12)21)17-13-8-4-2-6-11(13)16(19)22/h2-9,15,17,21H,1H3,(H,18,20)/t15-/m1/s1. The van der Waals surface area contributed by atoms with Crippen LogP contribution in [-0.4, -0.2) is 21.9 Å². The maximum Gasteiger partial charge on any atom is 0.276 e. The smallest absolute Gasteiger partial charge is 0.276 e. The molecule has 0 bridgehead atoms. The van der Waals surface area contributed by atoms with Crippen LogP contribution in [0.5, 0.6) is 5.75 Å². The normalized spacial score (nSPS) is 16.7. The lowest BCUT2D eigenvalue weighted by Crippen LogP contribution is -2.52. The van der Waals surface area contributed by atoms with Gasteiger partial charge in [0.25, 0.3) is 5.91 Å². The van der Waals surface area contributed by atoms with Crippen molar-refractivity contribution in [2.24, 2.45) is 0 Å². The van der Waals surface area contributed by atoms with Gasteiger partial charge in [-0.3, -0.25) is 15.0 Å². The summed E-state index contributed by atoms with van der Waals surface area (Å²) in [5.41, 5.74) is 4.13. The van der Waals surface area contributed by atoms with Crippen molar-refractivity contribution in [1.82, 2.24) is 10.4 Å². The van der Waals surface area contributed by atoms with Crippen LogP contribution >= 0.6 is 0 Å². The molecule has 0 aliphatic carbocycles. The van der Waals surface area contributed by atoms with Crippen LogP contribution in [0.4, 0.5) is 5.69 Å². The van der Waals surface area contributed by atoms with Gasteiger partial charge in [-0.25, -0.2) is 5.01 Å². The van der Waals surface area contributed by atoms with Crippen molar-refractivity contribution >= 4 is 17.5 Å². The number of aromatic hydroxyl groups is 1. The molecule has 0 saturated heterocycles. The predicted molar refractivity (Wildman–Crippen MR) is 80.9 cm³/mol. The highest BCUT2D eigenvalue weighted by Gasteiger charge is 2.34. The number of benzene rings is 2. The number of fused-ring (bicyclic) bond motifs is 1. The fourth-order valence-electron chi connectivity index (χ4n) is 2.47. The van der Waals surface area contributed by atoms with Gasteiger partial charge in [0.05, 0.1) is 5.56 Å². The Bertz CT molecular complexity index is 745. The summed E-state index contributed by atoms with van der Waals surface area (Å²) in [6.07, 6.45) is -0.688. The number of nitrogens with one attached hydrogen (secondary N) is 2. The number of phenols is 1. The molecule has 1 atom stereocenters.